The van der Waals surface area contributed by atoms with E-state index in [-0.39, 0.29) is 12.5 Å². The third-order valence-electron chi connectivity index (χ3n) is 5.37. The molecule has 1 aromatic rings. The minimum Gasteiger partial charge on any atom is -0.379 e. The van der Waals surface area contributed by atoms with E-state index in [1.807, 2.05) is 4.90 Å². The first-order chi connectivity index (χ1) is 13.4. The van der Waals surface area contributed by atoms with Crippen molar-refractivity contribution in [2.45, 2.75) is 78.2 Å². The smallest absolute Gasteiger partial charge is 0.248 e. The Balaban J connectivity index is 1.77. The number of ether oxygens (including phenoxy) is 2. The van der Waals surface area contributed by atoms with Crippen molar-refractivity contribution >= 4 is 5.91 Å². The minimum absolute atomic E-state index is 0.0828. The summed E-state index contributed by atoms with van der Waals surface area (Å²) in [5.41, 5.74) is 2.47. The second kappa shape index (κ2) is 11.6. The Bertz CT molecular complexity index is 590. The lowest BCUT2D eigenvalue weighted by Crippen LogP contribution is -2.41. The second-order valence-corrected chi connectivity index (χ2v) is 8.38. The van der Waals surface area contributed by atoms with Crippen molar-refractivity contribution in [3.8, 4) is 0 Å². The highest BCUT2D eigenvalue weighted by Gasteiger charge is 2.27. The molecule has 2 rings (SSSR count). The molecule has 1 saturated heterocycles. The average molecular weight is 394 g/mol. The maximum absolute atomic E-state index is 12.4. The van der Waals surface area contributed by atoms with Crippen LogP contribution in [-0.4, -0.2) is 60.1 Å². The van der Waals surface area contributed by atoms with Crippen LogP contribution in [0.5, 0.6) is 0 Å². The van der Waals surface area contributed by atoms with Crippen LogP contribution in [0, 0.1) is 0 Å². The predicted molar refractivity (Wildman–Crippen MR) is 112 cm³/mol. The highest BCUT2D eigenvalue weighted by atomic mass is 16.5. The first-order valence-corrected chi connectivity index (χ1v) is 11.0. The van der Waals surface area contributed by atoms with Crippen LogP contribution in [0.4, 0.5) is 0 Å². The lowest BCUT2D eigenvalue weighted by molar-refractivity contribution is -0.138. The number of rotatable bonds is 11. The molecule has 6 nitrogen and oxygen atoms in total. The second-order valence-electron chi connectivity index (χ2n) is 8.38. The molecular weight excluding hydrogens is 354 g/mol. The maximum Gasteiger partial charge on any atom is 0.248 e. The Kier molecular flexibility index (Phi) is 9.45. The number of carbonyl (C=O) groups excluding carboxylic acids is 1. The van der Waals surface area contributed by atoms with Gasteiger partial charge in [-0.2, -0.15) is 5.10 Å². The van der Waals surface area contributed by atoms with Crippen LogP contribution in [0.25, 0.3) is 0 Å². The summed E-state index contributed by atoms with van der Waals surface area (Å²) in [7, 11) is 0. The Labute approximate surface area is 170 Å². The molecule has 2 heterocycles. The van der Waals surface area contributed by atoms with Gasteiger partial charge in [-0.1, -0.05) is 41.0 Å². The van der Waals surface area contributed by atoms with Gasteiger partial charge in [0, 0.05) is 25.4 Å². The van der Waals surface area contributed by atoms with Crippen molar-refractivity contribution in [3.63, 3.8) is 0 Å². The minimum atomic E-state index is 0.0828. The van der Waals surface area contributed by atoms with E-state index in [0.29, 0.717) is 31.1 Å². The number of hydrogen-bond donors (Lipinski definition) is 0. The number of carbonyl (C=O) groups is 1. The molecule has 1 aliphatic rings. The van der Waals surface area contributed by atoms with E-state index in [4.69, 9.17) is 14.6 Å². The van der Waals surface area contributed by atoms with Gasteiger partial charge >= 0.3 is 0 Å². The summed E-state index contributed by atoms with van der Waals surface area (Å²) in [4.78, 5) is 14.3. The fourth-order valence-corrected chi connectivity index (χ4v) is 3.51. The predicted octanol–water partition coefficient (Wildman–Crippen LogP) is 4.13. The van der Waals surface area contributed by atoms with Gasteiger partial charge in [-0.3, -0.25) is 9.48 Å². The summed E-state index contributed by atoms with van der Waals surface area (Å²) in [6.45, 7) is 14.5. The van der Waals surface area contributed by atoms with Crippen LogP contribution in [0.1, 0.15) is 89.6 Å². The van der Waals surface area contributed by atoms with Crippen molar-refractivity contribution in [2.24, 2.45) is 0 Å². The standard InChI is InChI=1S/C22H39N3O3/c1-6-7-12-27-13-14-28-16-22(26)24-10-8-19(9-11-24)25-21(18(4)5)15-20(23-25)17(2)3/h15,17-19H,6-14,16H2,1-5H3. The zero-order chi connectivity index (χ0) is 20.5. The molecule has 0 aromatic carbocycles. The van der Waals surface area contributed by atoms with Gasteiger partial charge in [-0.25, -0.2) is 0 Å². The van der Waals surface area contributed by atoms with Crippen LogP contribution >= 0.6 is 0 Å². The monoisotopic (exact) mass is 393 g/mol. The van der Waals surface area contributed by atoms with Crippen LogP contribution < -0.4 is 0 Å². The average Bonchev–Trinajstić information content (AvgIpc) is 3.13. The summed E-state index contributed by atoms with van der Waals surface area (Å²) in [6, 6.07) is 2.63. The fourth-order valence-electron chi connectivity index (χ4n) is 3.51. The van der Waals surface area contributed by atoms with E-state index >= 15 is 0 Å². The van der Waals surface area contributed by atoms with Crippen molar-refractivity contribution in [3.05, 3.63) is 17.5 Å². The van der Waals surface area contributed by atoms with Crippen LogP contribution in [-0.2, 0) is 14.3 Å². The molecule has 0 atom stereocenters. The van der Waals surface area contributed by atoms with E-state index in [1.54, 1.807) is 0 Å². The van der Waals surface area contributed by atoms with Gasteiger partial charge < -0.3 is 14.4 Å². The molecule has 0 bridgehead atoms. The fraction of sp³-hybridized carbons (Fsp3) is 0.818. The quantitative estimate of drug-likeness (QED) is 0.531. The first-order valence-electron chi connectivity index (χ1n) is 11.0. The molecule has 0 unspecified atom stereocenters. The Morgan fingerprint density at radius 1 is 1.11 bits per heavy atom. The number of unbranched alkanes of at least 4 members (excludes halogenated alkanes) is 1. The molecule has 160 valence electrons. The van der Waals surface area contributed by atoms with Crippen molar-refractivity contribution in [1.29, 1.82) is 0 Å². The van der Waals surface area contributed by atoms with Crippen LogP contribution in [0.3, 0.4) is 0 Å². The van der Waals surface area contributed by atoms with Crippen LogP contribution in [0.15, 0.2) is 6.07 Å². The van der Waals surface area contributed by atoms with E-state index in [9.17, 15) is 4.79 Å². The molecule has 0 N–H and O–H groups in total. The molecule has 0 saturated carbocycles. The molecule has 1 aromatic heterocycles. The molecular formula is C22H39N3O3. The van der Waals surface area contributed by atoms with Crippen molar-refractivity contribution in [1.82, 2.24) is 14.7 Å². The Morgan fingerprint density at radius 2 is 1.79 bits per heavy atom. The number of nitrogens with zero attached hydrogens (tertiary/aromatic N) is 3. The number of amides is 1. The van der Waals surface area contributed by atoms with Crippen molar-refractivity contribution in [2.75, 3.05) is 39.5 Å². The summed E-state index contributed by atoms with van der Waals surface area (Å²) in [5, 5.41) is 4.89. The van der Waals surface area contributed by atoms with Crippen molar-refractivity contribution < 1.29 is 14.3 Å². The normalized spacial score (nSPS) is 15.8. The van der Waals surface area contributed by atoms with Gasteiger partial charge in [0.1, 0.15) is 6.61 Å². The lowest BCUT2D eigenvalue weighted by Gasteiger charge is -2.33. The van der Waals surface area contributed by atoms with Crippen LogP contribution in [0.2, 0.25) is 0 Å². The number of hydrogen-bond acceptors (Lipinski definition) is 4. The largest absolute Gasteiger partial charge is 0.379 e. The molecule has 1 amide bonds. The zero-order valence-electron chi connectivity index (χ0n) is 18.4. The Morgan fingerprint density at radius 3 is 2.39 bits per heavy atom. The summed E-state index contributed by atoms with van der Waals surface area (Å²) in [5.74, 6) is 0.968. The molecule has 1 aliphatic heterocycles. The van der Waals surface area contributed by atoms with E-state index in [2.05, 4.69) is 45.4 Å². The van der Waals surface area contributed by atoms with Gasteiger partial charge in [0.2, 0.25) is 5.91 Å². The summed E-state index contributed by atoms with van der Waals surface area (Å²) < 4.78 is 13.2. The topological polar surface area (TPSA) is 56.6 Å². The van der Waals surface area contributed by atoms with E-state index < -0.39 is 0 Å². The lowest BCUT2D eigenvalue weighted by atomic mass is 10.0. The Hall–Kier alpha value is -1.40. The first kappa shape index (κ1) is 22.9. The molecule has 6 heteroatoms. The maximum atomic E-state index is 12.4. The highest BCUT2D eigenvalue weighted by Crippen LogP contribution is 2.29. The van der Waals surface area contributed by atoms with Gasteiger partial charge in [-0.15, -0.1) is 0 Å². The summed E-state index contributed by atoms with van der Waals surface area (Å²) >= 11 is 0. The molecule has 1 fully saturated rings. The van der Waals surface area contributed by atoms with Gasteiger partial charge in [0.15, 0.2) is 0 Å². The number of aromatic nitrogens is 2. The third kappa shape index (κ3) is 6.59. The highest BCUT2D eigenvalue weighted by molar-refractivity contribution is 5.77. The molecule has 0 spiro atoms. The van der Waals surface area contributed by atoms with E-state index in [0.717, 1.165) is 51.1 Å². The zero-order valence-corrected chi connectivity index (χ0v) is 18.4. The van der Waals surface area contributed by atoms with E-state index in [1.165, 1.54) is 5.69 Å². The molecule has 0 radical (unpaired) electrons. The number of likely N-dealkylation sites (tertiary alicyclic amines) is 1. The van der Waals surface area contributed by atoms with Gasteiger partial charge in [0.25, 0.3) is 0 Å². The number of piperidine rings is 1. The SMILES string of the molecule is CCCCOCCOCC(=O)N1CCC(n2nc(C(C)C)cc2C(C)C)CC1. The molecule has 28 heavy (non-hydrogen) atoms. The third-order valence-corrected chi connectivity index (χ3v) is 5.37. The molecule has 0 aliphatic carbocycles. The van der Waals surface area contributed by atoms with Gasteiger partial charge in [0.05, 0.1) is 24.9 Å². The summed E-state index contributed by atoms with van der Waals surface area (Å²) in [6.07, 6.45) is 4.10. The van der Waals surface area contributed by atoms with Gasteiger partial charge in [-0.05, 0) is 37.2 Å².